The first-order valence-corrected chi connectivity index (χ1v) is 11.6. The van der Waals surface area contributed by atoms with E-state index in [4.69, 9.17) is 4.74 Å². The van der Waals surface area contributed by atoms with Gasteiger partial charge in [0, 0.05) is 30.9 Å². The van der Waals surface area contributed by atoms with Gasteiger partial charge in [-0.3, -0.25) is 14.4 Å². The molecule has 2 heterocycles. The first-order chi connectivity index (χ1) is 17.0. The van der Waals surface area contributed by atoms with Gasteiger partial charge in [0.15, 0.2) is 0 Å². The van der Waals surface area contributed by atoms with E-state index in [0.29, 0.717) is 30.0 Å². The number of hydrogen-bond donors (Lipinski definition) is 3. The molecule has 2 atom stereocenters. The lowest BCUT2D eigenvalue weighted by Crippen LogP contribution is -2.64. The van der Waals surface area contributed by atoms with Gasteiger partial charge in [-0.1, -0.05) is 18.2 Å². The molecule has 0 bridgehead atoms. The molecule has 2 fully saturated rings. The highest BCUT2D eigenvalue weighted by atomic mass is 16.5. The van der Waals surface area contributed by atoms with E-state index in [9.17, 15) is 19.2 Å². The molecule has 5 amide bonds. The van der Waals surface area contributed by atoms with Gasteiger partial charge in [0.05, 0.1) is 13.7 Å². The van der Waals surface area contributed by atoms with Gasteiger partial charge in [0.2, 0.25) is 11.8 Å². The molecular weight excluding hydrogens is 450 g/mol. The molecule has 0 aliphatic carbocycles. The van der Waals surface area contributed by atoms with E-state index in [1.165, 1.54) is 16.9 Å². The summed E-state index contributed by atoms with van der Waals surface area (Å²) in [5.74, 6) is -0.427. The highest BCUT2D eigenvalue weighted by molar-refractivity contribution is 5.99. The number of piperazine rings is 1. The number of urea groups is 1. The molecule has 0 spiro atoms. The molecule has 4 rings (SSSR count). The van der Waals surface area contributed by atoms with Crippen LogP contribution in [-0.4, -0.2) is 78.9 Å². The summed E-state index contributed by atoms with van der Waals surface area (Å²) < 4.78 is 5.16. The molecule has 2 aromatic carbocycles. The summed E-state index contributed by atoms with van der Waals surface area (Å²) >= 11 is 0. The standard InChI is InChI=1S/C25H29N5O5/c1-35-19-11-9-17(10-12-19)24(33)30-15-14-29(25(34)27-18-6-3-2-4-7-18)16-21(30)23(32)28-20-8-5-13-26-22(20)31/h2-4,6-7,9-12,20-21H,5,8,13-16H2,1H3,(H,26,31)(H,27,34)(H,28,32)/t20-,21+/m0/s1. The Balaban J connectivity index is 1.52. The fourth-order valence-electron chi connectivity index (χ4n) is 4.24. The van der Waals surface area contributed by atoms with Crippen molar-refractivity contribution in [2.75, 3.05) is 38.6 Å². The van der Waals surface area contributed by atoms with Crippen LogP contribution in [0.1, 0.15) is 23.2 Å². The minimum Gasteiger partial charge on any atom is -0.497 e. The molecule has 0 radical (unpaired) electrons. The smallest absolute Gasteiger partial charge is 0.321 e. The van der Waals surface area contributed by atoms with Crippen molar-refractivity contribution in [3.05, 3.63) is 60.2 Å². The fourth-order valence-corrected chi connectivity index (χ4v) is 4.24. The Kier molecular flexibility index (Phi) is 7.49. The van der Waals surface area contributed by atoms with Crippen LogP contribution < -0.4 is 20.7 Å². The van der Waals surface area contributed by atoms with Crippen LogP contribution in [0.3, 0.4) is 0 Å². The zero-order valence-corrected chi connectivity index (χ0v) is 19.5. The van der Waals surface area contributed by atoms with E-state index in [1.54, 1.807) is 36.4 Å². The molecule has 0 saturated carbocycles. The predicted octanol–water partition coefficient (Wildman–Crippen LogP) is 1.45. The third-order valence-electron chi connectivity index (χ3n) is 6.19. The summed E-state index contributed by atoms with van der Waals surface area (Å²) in [5, 5.41) is 8.35. The molecule has 184 valence electrons. The zero-order valence-electron chi connectivity index (χ0n) is 19.5. The summed E-state index contributed by atoms with van der Waals surface area (Å²) in [6.07, 6.45) is 1.27. The van der Waals surface area contributed by atoms with Crippen LogP contribution in [-0.2, 0) is 9.59 Å². The van der Waals surface area contributed by atoms with Crippen LogP contribution in [0.2, 0.25) is 0 Å². The second-order valence-electron chi connectivity index (χ2n) is 8.48. The maximum atomic E-state index is 13.3. The van der Waals surface area contributed by atoms with Crippen LogP contribution in [0, 0.1) is 0 Å². The van der Waals surface area contributed by atoms with Gasteiger partial charge < -0.3 is 30.5 Å². The van der Waals surface area contributed by atoms with Gasteiger partial charge in [-0.05, 0) is 49.2 Å². The van der Waals surface area contributed by atoms with Crippen molar-refractivity contribution in [3.63, 3.8) is 0 Å². The lowest BCUT2D eigenvalue weighted by atomic mass is 10.0. The van der Waals surface area contributed by atoms with Crippen molar-refractivity contribution in [2.24, 2.45) is 0 Å². The number of nitrogens with zero attached hydrogens (tertiary/aromatic N) is 2. The predicted molar refractivity (Wildman–Crippen MR) is 129 cm³/mol. The zero-order chi connectivity index (χ0) is 24.8. The number of carbonyl (C=O) groups excluding carboxylic acids is 4. The topological polar surface area (TPSA) is 120 Å². The van der Waals surface area contributed by atoms with Gasteiger partial charge in [0.25, 0.3) is 5.91 Å². The molecule has 0 unspecified atom stereocenters. The van der Waals surface area contributed by atoms with Crippen LogP contribution in [0.25, 0.3) is 0 Å². The molecule has 3 N–H and O–H groups in total. The summed E-state index contributed by atoms with van der Waals surface area (Å²) in [7, 11) is 1.54. The van der Waals surface area contributed by atoms with E-state index in [2.05, 4.69) is 16.0 Å². The van der Waals surface area contributed by atoms with Crippen LogP contribution in [0.4, 0.5) is 10.5 Å². The second-order valence-corrected chi connectivity index (χ2v) is 8.48. The van der Waals surface area contributed by atoms with Crippen LogP contribution in [0.5, 0.6) is 5.75 Å². The minimum absolute atomic E-state index is 0.000728. The van der Waals surface area contributed by atoms with E-state index < -0.39 is 18.0 Å². The normalized spacial score (nSPS) is 20.0. The number of methoxy groups -OCH3 is 1. The van der Waals surface area contributed by atoms with Crippen molar-refractivity contribution in [3.8, 4) is 5.75 Å². The molecule has 0 aromatic heterocycles. The number of para-hydroxylation sites is 1. The van der Waals surface area contributed by atoms with E-state index in [0.717, 1.165) is 6.42 Å². The van der Waals surface area contributed by atoms with Crippen molar-refractivity contribution in [1.29, 1.82) is 0 Å². The Bertz CT molecular complexity index is 1080. The largest absolute Gasteiger partial charge is 0.497 e. The Morgan fingerprint density at radius 1 is 1.03 bits per heavy atom. The molecule has 2 saturated heterocycles. The Labute approximate surface area is 203 Å². The van der Waals surface area contributed by atoms with Gasteiger partial charge in [0.1, 0.15) is 17.8 Å². The number of benzene rings is 2. The number of ether oxygens (including phenoxy) is 1. The highest BCUT2D eigenvalue weighted by Crippen LogP contribution is 2.19. The fraction of sp³-hybridized carbons (Fsp3) is 0.360. The first kappa shape index (κ1) is 24.1. The molecule has 10 heteroatoms. The second kappa shape index (κ2) is 10.9. The Morgan fingerprint density at radius 2 is 1.77 bits per heavy atom. The van der Waals surface area contributed by atoms with E-state index in [-0.39, 0.29) is 37.5 Å². The SMILES string of the molecule is COc1ccc(C(=O)N2CCN(C(=O)Nc3ccccc3)C[C@@H]2C(=O)N[C@H]2CCCNC2=O)cc1. The minimum atomic E-state index is -0.949. The third kappa shape index (κ3) is 5.71. The van der Waals surface area contributed by atoms with Gasteiger partial charge >= 0.3 is 6.03 Å². The number of nitrogens with one attached hydrogen (secondary N) is 3. The van der Waals surface area contributed by atoms with Crippen LogP contribution >= 0.6 is 0 Å². The van der Waals surface area contributed by atoms with Gasteiger partial charge in [-0.2, -0.15) is 0 Å². The highest BCUT2D eigenvalue weighted by Gasteiger charge is 2.39. The maximum absolute atomic E-state index is 13.3. The molecule has 2 aromatic rings. The van der Waals surface area contributed by atoms with E-state index >= 15 is 0 Å². The summed E-state index contributed by atoms with van der Waals surface area (Å²) in [4.78, 5) is 54.7. The quantitative estimate of drug-likeness (QED) is 0.600. The maximum Gasteiger partial charge on any atom is 0.321 e. The third-order valence-corrected chi connectivity index (χ3v) is 6.19. The van der Waals surface area contributed by atoms with Gasteiger partial charge in [-0.15, -0.1) is 0 Å². The van der Waals surface area contributed by atoms with Crippen molar-refractivity contribution in [2.45, 2.75) is 24.9 Å². The first-order valence-electron chi connectivity index (χ1n) is 11.6. The summed E-state index contributed by atoms with van der Waals surface area (Å²) in [6.45, 7) is 1.00. The monoisotopic (exact) mass is 479 g/mol. The number of anilines is 1. The Hall–Kier alpha value is -4.08. The van der Waals surface area contributed by atoms with E-state index in [1.807, 2.05) is 18.2 Å². The van der Waals surface area contributed by atoms with Crippen molar-refractivity contribution >= 4 is 29.4 Å². The summed E-state index contributed by atoms with van der Waals surface area (Å²) in [6, 6.07) is 13.7. The van der Waals surface area contributed by atoms with Crippen molar-refractivity contribution < 1.29 is 23.9 Å². The number of carbonyl (C=O) groups is 4. The molecule has 2 aliphatic heterocycles. The number of piperidine rings is 1. The number of rotatable bonds is 5. The number of hydrogen-bond acceptors (Lipinski definition) is 5. The molecule has 2 aliphatic rings. The summed E-state index contributed by atoms with van der Waals surface area (Å²) in [5.41, 5.74) is 1.04. The molecule has 35 heavy (non-hydrogen) atoms. The average molecular weight is 480 g/mol. The number of amides is 5. The molecule has 10 nitrogen and oxygen atoms in total. The lowest BCUT2D eigenvalue weighted by Gasteiger charge is -2.41. The average Bonchev–Trinajstić information content (AvgIpc) is 2.90. The van der Waals surface area contributed by atoms with Crippen molar-refractivity contribution in [1.82, 2.24) is 20.4 Å². The van der Waals surface area contributed by atoms with Gasteiger partial charge in [-0.25, -0.2) is 4.79 Å². The Morgan fingerprint density at radius 3 is 2.46 bits per heavy atom. The molecular formula is C25H29N5O5. The van der Waals surface area contributed by atoms with Crippen LogP contribution in [0.15, 0.2) is 54.6 Å². The lowest BCUT2D eigenvalue weighted by molar-refractivity contribution is -0.133.